The van der Waals surface area contributed by atoms with Crippen LogP contribution in [0.25, 0.3) is 0 Å². The minimum atomic E-state index is -0.625. The van der Waals surface area contributed by atoms with E-state index in [1.54, 1.807) is 48.5 Å². The van der Waals surface area contributed by atoms with E-state index >= 15 is 0 Å². The molecule has 0 spiro atoms. The van der Waals surface area contributed by atoms with Crippen LogP contribution in [0.1, 0.15) is 33.6 Å². The highest BCUT2D eigenvalue weighted by Crippen LogP contribution is 2.21. The lowest BCUT2D eigenvalue weighted by atomic mass is 10.1. The normalized spacial score (nSPS) is 12.9. The quantitative estimate of drug-likeness (QED) is 0.703. The van der Waals surface area contributed by atoms with E-state index in [1.165, 1.54) is 0 Å². The maximum Gasteiger partial charge on any atom is 0.259 e. The number of nitrogens with two attached hydrogens (primary N) is 1. The smallest absolute Gasteiger partial charge is 0.259 e. The zero-order valence-electron chi connectivity index (χ0n) is 14.0. The molecule has 1 aliphatic carbocycles. The van der Waals surface area contributed by atoms with Crippen LogP contribution < -0.4 is 21.1 Å². The van der Waals surface area contributed by atoms with Gasteiger partial charge in [-0.05, 0) is 49.2 Å². The van der Waals surface area contributed by atoms with Gasteiger partial charge >= 0.3 is 0 Å². The van der Waals surface area contributed by atoms with Crippen molar-refractivity contribution in [2.24, 2.45) is 5.73 Å². The van der Waals surface area contributed by atoms with Crippen molar-refractivity contribution in [2.75, 3.05) is 11.9 Å². The molecule has 26 heavy (non-hydrogen) atoms. The highest BCUT2D eigenvalue weighted by Gasteiger charge is 2.23. The molecule has 134 valence electrons. The number of rotatable bonds is 7. The summed E-state index contributed by atoms with van der Waals surface area (Å²) < 4.78 is 5.26. The average molecular weight is 353 g/mol. The number of carbonyl (C=O) groups excluding carboxylic acids is 3. The van der Waals surface area contributed by atoms with Crippen molar-refractivity contribution in [1.29, 1.82) is 0 Å². The number of benzene rings is 2. The summed E-state index contributed by atoms with van der Waals surface area (Å²) in [5, 5.41) is 5.64. The Labute approximate surface area is 150 Å². The van der Waals surface area contributed by atoms with Crippen molar-refractivity contribution in [2.45, 2.75) is 18.9 Å². The fourth-order valence-electron chi connectivity index (χ4n) is 2.33. The van der Waals surface area contributed by atoms with E-state index in [0.29, 0.717) is 17.3 Å². The lowest BCUT2D eigenvalue weighted by Crippen LogP contribution is -2.25. The number of carbonyl (C=O) groups is 3. The van der Waals surface area contributed by atoms with Gasteiger partial charge in [-0.1, -0.05) is 12.1 Å². The summed E-state index contributed by atoms with van der Waals surface area (Å²) in [5.74, 6) is -0.861. The Balaban J connectivity index is 1.66. The van der Waals surface area contributed by atoms with Crippen LogP contribution in [0.3, 0.4) is 0 Å². The van der Waals surface area contributed by atoms with Gasteiger partial charge < -0.3 is 21.1 Å². The van der Waals surface area contributed by atoms with Crippen molar-refractivity contribution in [3.63, 3.8) is 0 Å². The maximum absolute atomic E-state index is 12.5. The molecule has 7 heteroatoms. The Morgan fingerprint density at radius 2 is 1.69 bits per heavy atom. The summed E-state index contributed by atoms with van der Waals surface area (Å²) in [4.78, 5) is 35.3. The summed E-state index contributed by atoms with van der Waals surface area (Å²) in [6.45, 7) is -0.310. The zero-order valence-corrected chi connectivity index (χ0v) is 14.0. The molecule has 0 unspecified atom stereocenters. The van der Waals surface area contributed by atoms with E-state index < -0.39 is 5.91 Å². The highest BCUT2D eigenvalue weighted by molar-refractivity contribution is 6.06. The Morgan fingerprint density at radius 3 is 2.35 bits per heavy atom. The van der Waals surface area contributed by atoms with E-state index in [2.05, 4.69) is 10.6 Å². The van der Waals surface area contributed by atoms with Crippen molar-refractivity contribution < 1.29 is 19.1 Å². The standard InChI is InChI=1S/C19H19N3O4/c20-17(23)11-26-16-4-2-1-3-15(16)19(25)22-13-7-5-12(6-8-13)18(24)21-14-9-10-14/h1-8,14H,9-11H2,(H2,20,23)(H,21,24)(H,22,25). The van der Waals surface area contributed by atoms with Gasteiger partial charge in [0.2, 0.25) is 0 Å². The second-order valence-corrected chi connectivity index (χ2v) is 6.03. The van der Waals surface area contributed by atoms with Gasteiger partial charge in [0.25, 0.3) is 17.7 Å². The lowest BCUT2D eigenvalue weighted by Gasteiger charge is -2.11. The van der Waals surface area contributed by atoms with Crippen LogP contribution >= 0.6 is 0 Å². The molecule has 1 aliphatic rings. The SMILES string of the molecule is NC(=O)COc1ccccc1C(=O)Nc1ccc(C(=O)NC2CC2)cc1. The molecule has 3 rings (SSSR count). The van der Waals surface area contributed by atoms with Gasteiger partial charge in [-0.3, -0.25) is 14.4 Å². The predicted molar refractivity (Wildman–Crippen MR) is 96.0 cm³/mol. The molecule has 0 aromatic heterocycles. The molecule has 2 aromatic rings. The molecule has 0 saturated heterocycles. The van der Waals surface area contributed by atoms with E-state index in [9.17, 15) is 14.4 Å². The van der Waals surface area contributed by atoms with Gasteiger partial charge in [0.1, 0.15) is 5.75 Å². The molecule has 0 aliphatic heterocycles. The first kappa shape index (κ1) is 17.5. The van der Waals surface area contributed by atoms with E-state index in [-0.39, 0.29) is 29.7 Å². The molecule has 7 nitrogen and oxygen atoms in total. The fourth-order valence-corrected chi connectivity index (χ4v) is 2.33. The van der Waals surface area contributed by atoms with Crippen molar-refractivity contribution in [1.82, 2.24) is 5.32 Å². The van der Waals surface area contributed by atoms with Gasteiger partial charge in [-0.2, -0.15) is 0 Å². The Bertz CT molecular complexity index is 829. The maximum atomic E-state index is 12.5. The second-order valence-electron chi connectivity index (χ2n) is 6.03. The van der Waals surface area contributed by atoms with Crippen LogP contribution in [0.15, 0.2) is 48.5 Å². The summed E-state index contributed by atoms with van der Waals surface area (Å²) in [7, 11) is 0. The molecular weight excluding hydrogens is 334 g/mol. The molecule has 2 aromatic carbocycles. The molecule has 1 saturated carbocycles. The van der Waals surface area contributed by atoms with Crippen LogP contribution in [-0.4, -0.2) is 30.4 Å². The third kappa shape index (κ3) is 4.60. The topological polar surface area (TPSA) is 111 Å². The summed E-state index contributed by atoms with van der Waals surface area (Å²) in [6.07, 6.45) is 2.05. The van der Waals surface area contributed by atoms with Crippen molar-refractivity contribution in [3.8, 4) is 5.75 Å². The molecule has 0 radical (unpaired) electrons. The minimum absolute atomic E-state index is 0.115. The van der Waals surface area contributed by atoms with Crippen LogP contribution in [-0.2, 0) is 4.79 Å². The summed E-state index contributed by atoms with van der Waals surface area (Å²) in [6, 6.07) is 13.5. The first-order valence-electron chi connectivity index (χ1n) is 8.25. The van der Waals surface area contributed by atoms with Crippen LogP contribution in [0, 0.1) is 0 Å². The third-order valence-electron chi connectivity index (χ3n) is 3.82. The minimum Gasteiger partial charge on any atom is -0.483 e. The van der Waals surface area contributed by atoms with E-state index in [0.717, 1.165) is 12.8 Å². The van der Waals surface area contributed by atoms with Gasteiger partial charge in [0.15, 0.2) is 6.61 Å². The van der Waals surface area contributed by atoms with Crippen LogP contribution in [0.2, 0.25) is 0 Å². The fraction of sp³-hybridized carbons (Fsp3) is 0.211. The number of amides is 3. The number of para-hydroxylation sites is 1. The van der Waals surface area contributed by atoms with Gasteiger partial charge in [0.05, 0.1) is 5.56 Å². The van der Waals surface area contributed by atoms with Gasteiger partial charge in [-0.25, -0.2) is 0 Å². The Hall–Kier alpha value is -3.35. The van der Waals surface area contributed by atoms with E-state index in [4.69, 9.17) is 10.5 Å². The summed E-state index contributed by atoms with van der Waals surface area (Å²) in [5.41, 5.74) is 6.43. The molecular formula is C19H19N3O4. The van der Waals surface area contributed by atoms with Crippen molar-refractivity contribution >= 4 is 23.4 Å². The van der Waals surface area contributed by atoms with Crippen LogP contribution in [0.5, 0.6) is 5.75 Å². The van der Waals surface area contributed by atoms with Crippen LogP contribution in [0.4, 0.5) is 5.69 Å². The Kier molecular flexibility index (Phi) is 5.17. The van der Waals surface area contributed by atoms with E-state index in [1.807, 2.05) is 0 Å². The number of nitrogens with one attached hydrogen (secondary N) is 2. The number of ether oxygens (including phenoxy) is 1. The predicted octanol–water partition coefficient (Wildman–Crippen LogP) is 1.70. The number of hydrogen-bond acceptors (Lipinski definition) is 4. The number of hydrogen-bond donors (Lipinski definition) is 3. The molecule has 0 heterocycles. The molecule has 0 atom stereocenters. The first-order valence-corrected chi connectivity index (χ1v) is 8.25. The average Bonchev–Trinajstić information content (AvgIpc) is 3.44. The Morgan fingerprint density at radius 1 is 1.00 bits per heavy atom. The summed E-state index contributed by atoms with van der Waals surface area (Å²) >= 11 is 0. The van der Waals surface area contributed by atoms with Crippen molar-refractivity contribution in [3.05, 3.63) is 59.7 Å². The molecule has 3 amide bonds. The monoisotopic (exact) mass is 353 g/mol. The first-order chi connectivity index (χ1) is 12.5. The van der Waals surface area contributed by atoms with Gasteiger partial charge in [-0.15, -0.1) is 0 Å². The zero-order chi connectivity index (χ0) is 18.5. The molecule has 0 bridgehead atoms. The largest absolute Gasteiger partial charge is 0.483 e. The highest BCUT2D eigenvalue weighted by atomic mass is 16.5. The molecule has 4 N–H and O–H groups in total. The number of anilines is 1. The lowest BCUT2D eigenvalue weighted by molar-refractivity contribution is -0.119. The van der Waals surface area contributed by atoms with Gasteiger partial charge in [0, 0.05) is 17.3 Å². The third-order valence-corrected chi connectivity index (χ3v) is 3.82. The second kappa shape index (κ2) is 7.69. The number of primary amides is 1. The molecule has 1 fully saturated rings.